The Labute approximate surface area is 154 Å². The average Bonchev–Trinajstić information content (AvgIpc) is 2.98. The molecular formula is C21H26N2O3. The Morgan fingerprint density at radius 3 is 2.58 bits per heavy atom. The quantitative estimate of drug-likeness (QED) is 0.852. The molecule has 0 bridgehead atoms. The van der Waals surface area contributed by atoms with E-state index in [1.54, 1.807) is 6.92 Å². The lowest BCUT2D eigenvalue weighted by Crippen LogP contribution is -2.47. The van der Waals surface area contributed by atoms with Crippen LogP contribution in [0.25, 0.3) is 0 Å². The van der Waals surface area contributed by atoms with E-state index >= 15 is 0 Å². The molecule has 0 radical (unpaired) electrons. The second kappa shape index (κ2) is 7.46. The molecule has 0 spiro atoms. The molecule has 5 nitrogen and oxygen atoms in total. The van der Waals surface area contributed by atoms with Crippen molar-refractivity contribution in [1.82, 2.24) is 9.88 Å². The number of morpholine rings is 1. The number of rotatable bonds is 4. The van der Waals surface area contributed by atoms with E-state index in [1.807, 2.05) is 56.0 Å². The molecular weight excluding hydrogens is 328 g/mol. The van der Waals surface area contributed by atoms with Crippen LogP contribution in [-0.4, -0.2) is 40.8 Å². The van der Waals surface area contributed by atoms with Gasteiger partial charge in [-0.1, -0.05) is 37.3 Å². The first-order valence-corrected chi connectivity index (χ1v) is 9.13. The number of hydrogen-bond donors (Lipinski definition) is 1. The Hall–Kier alpha value is -2.40. The highest BCUT2D eigenvalue weighted by atomic mass is 16.5. The summed E-state index contributed by atoms with van der Waals surface area (Å²) in [5.41, 5.74) is 3.81. The minimum atomic E-state index is -0.131. The number of aromatic amines is 1. The second-order valence-corrected chi connectivity index (χ2v) is 6.92. The zero-order valence-electron chi connectivity index (χ0n) is 15.8. The molecule has 5 heteroatoms. The molecule has 0 saturated carbocycles. The van der Waals surface area contributed by atoms with Crippen LogP contribution in [-0.2, 0) is 11.2 Å². The number of aromatic nitrogens is 1. The van der Waals surface area contributed by atoms with Gasteiger partial charge in [0, 0.05) is 17.8 Å². The number of carbonyl (C=O) groups excluding carboxylic acids is 2. The van der Waals surface area contributed by atoms with E-state index in [1.165, 1.54) is 0 Å². The molecule has 1 fully saturated rings. The fourth-order valence-corrected chi connectivity index (χ4v) is 3.81. The van der Waals surface area contributed by atoms with Gasteiger partial charge < -0.3 is 14.6 Å². The van der Waals surface area contributed by atoms with Gasteiger partial charge in [0.25, 0.3) is 5.91 Å². The zero-order valence-corrected chi connectivity index (χ0v) is 15.8. The van der Waals surface area contributed by atoms with Crippen molar-refractivity contribution in [1.29, 1.82) is 0 Å². The highest BCUT2D eigenvalue weighted by molar-refractivity contribution is 6.02. The van der Waals surface area contributed by atoms with Crippen molar-refractivity contribution in [2.24, 2.45) is 0 Å². The lowest BCUT2D eigenvalue weighted by Gasteiger charge is -2.39. The van der Waals surface area contributed by atoms with Gasteiger partial charge in [0.1, 0.15) is 5.69 Å². The van der Waals surface area contributed by atoms with Crippen molar-refractivity contribution in [3.05, 3.63) is 58.4 Å². The molecule has 2 unspecified atom stereocenters. The summed E-state index contributed by atoms with van der Waals surface area (Å²) >= 11 is 0. The first-order valence-electron chi connectivity index (χ1n) is 9.13. The number of nitrogens with zero attached hydrogens (tertiary/aromatic N) is 1. The molecule has 1 amide bonds. The number of benzene rings is 1. The van der Waals surface area contributed by atoms with Gasteiger partial charge >= 0.3 is 0 Å². The molecule has 0 aliphatic carbocycles. The number of nitrogens with one attached hydrogen (secondary N) is 1. The number of aryl methyl sites for hydroxylation is 1. The van der Waals surface area contributed by atoms with Gasteiger partial charge in [0.2, 0.25) is 0 Å². The number of Topliss-reactive ketones (excluding diaryl/α,β-unsaturated/α-hetero) is 1. The van der Waals surface area contributed by atoms with E-state index in [9.17, 15) is 9.59 Å². The summed E-state index contributed by atoms with van der Waals surface area (Å²) in [5, 5.41) is 0. The molecule has 1 aliphatic rings. The third-order valence-electron chi connectivity index (χ3n) is 5.02. The summed E-state index contributed by atoms with van der Waals surface area (Å²) < 4.78 is 5.83. The summed E-state index contributed by atoms with van der Waals surface area (Å²) in [7, 11) is 0. The van der Waals surface area contributed by atoms with Crippen molar-refractivity contribution in [2.45, 2.75) is 46.3 Å². The molecule has 1 aromatic carbocycles. The van der Waals surface area contributed by atoms with E-state index in [2.05, 4.69) is 4.98 Å². The smallest absolute Gasteiger partial charge is 0.271 e. The van der Waals surface area contributed by atoms with E-state index in [0.29, 0.717) is 30.8 Å². The van der Waals surface area contributed by atoms with Gasteiger partial charge in [-0.25, -0.2) is 0 Å². The van der Waals surface area contributed by atoms with Crippen LogP contribution in [0.2, 0.25) is 0 Å². The minimum absolute atomic E-state index is 0.00963. The predicted molar refractivity (Wildman–Crippen MR) is 101 cm³/mol. The van der Waals surface area contributed by atoms with E-state index in [-0.39, 0.29) is 23.8 Å². The fraction of sp³-hybridized carbons (Fsp3) is 0.429. The molecule has 26 heavy (non-hydrogen) atoms. The molecule has 1 aromatic heterocycles. The summed E-state index contributed by atoms with van der Waals surface area (Å²) in [6.45, 7) is 8.34. The van der Waals surface area contributed by atoms with Gasteiger partial charge in [-0.05, 0) is 38.3 Å². The lowest BCUT2D eigenvalue weighted by atomic mass is 10.00. The topological polar surface area (TPSA) is 62.4 Å². The van der Waals surface area contributed by atoms with Crippen molar-refractivity contribution < 1.29 is 14.3 Å². The second-order valence-electron chi connectivity index (χ2n) is 6.92. The maximum Gasteiger partial charge on any atom is 0.271 e. The summed E-state index contributed by atoms with van der Waals surface area (Å²) in [4.78, 5) is 30.5. The van der Waals surface area contributed by atoms with Crippen LogP contribution < -0.4 is 0 Å². The van der Waals surface area contributed by atoms with Crippen LogP contribution >= 0.6 is 0 Å². The van der Waals surface area contributed by atoms with Gasteiger partial charge in [-0.15, -0.1) is 0 Å². The lowest BCUT2D eigenvalue weighted by molar-refractivity contribution is -0.0449. The Kier molecular flexibility index (Phi) is 5.28. The van der Waals surface area contributed by atoms with E-state index in [4.69, 9.17) is 4.74 Å². The number of amides is 1. The number of carbonyl (C=O) groups is 2. The fourth-order valence-electron chi connectivity index (χ4n) is 3.81. The SMILES string of the molecule is CCc1c(C(=O)N2CC(C)OCC2c2ccccc2)[nH]c(C)c1C(C)=O. The molecule has 1 saturated heterocycles. The van der Waals surface area contributed by atoms with Crippen LogP contribution in [0.1, 0.15) is 64.5 Å². The minimum Gasteiger partial charge on any atom is -0.374 e. The summed E-state index contributed by atoms with van der Waals surface area (Å²) in [6.07, 6.45) is 0.614. The van der Waals surface area contributed by atoms with Crippen molar-refractivity contribution in [2.75, 3.05) is 13.2 Å². The normalized spacial score (nSPS) is 20.2. The van der Waals surface area contributed by atoms with Gasteiger partial charge in [-0.3, -0.25) is 9.59 Å². The Morgan fingerprint density at radius 2 is 1.96 bits per heavy atom. The molecule has 2 aromatic rings. The average molecular weight is 354 g/mol. The van der Waals surface area contributed by atoms with Crippen LogP contribution in [0.15, 0.2) is 30.3 Å². The van der Waals surface area contributed by atoms with Gasteiger partial charge in [0.15, 0.2) is 5.78 Å². The molecule has 1 N–H and O–H groups in total. The van der Waals surface area contributed by atoms with Crippen molar-refractivity contribution >= 4 is 11.7 Å². The van der Waals surface area contributed by atoms with Crippen LogP contribution in [0.3, 0.4) is 0 Å². The van der Waals surface area contributed by atoms with E-state index < -0.39 is 0 Å². The third-order valence-corrected chi connectivity index (χ3v) is 5.02. The molecule has 2 atom stereocenters. The van der Waals surface area contributed by atoms with Crippen LogP contribution in [0, 0.1) is 6.92 Å². The molecule has 3 rings (SSSR count). The standard InChI is InChI=1S/C21H26N2O3/c1-5-17-19(15(4)24)14(3)22-20(17)21(25)23-11-13(2)26-12-18(23)16-9-7-6-8-10-16/h6-10,13,18,22H,5,11-12H2,1-4H3. The molecule has 2 heterocycles. The highest BCUT2D eigenvalue weighted by Crippen LogP contribution is 2.30. The maximum absolute atomic E-state index is 13.4. The van der Waals surface area contributed by atoms with Crippen LogP contribution in [0.4, 0.5) is 0 Å². The molecule has 138 valence electrons. The largest absolute Gasteiger partial charge is 0.374 e. The van der Waals surface area contributed by atoms with Crippen molar-refractivity contribution in [3.8, 4) is 0 Å². The summed E-state index contributed by atoms with van der Waals surface area (Å²) in [5.74, 6) is -0.0777. The van der Waals surface area contributed by atoms with Crippen molar-refractivity contribution in [3.63, 3.8) is 0 Å². The number of hydrogen-bond acceptors (Lipinski definition) is 3. The highest BCUT2D eigenvalue weighted by Gasteiger charge is 2.34. The summed E-state index contributed by atoms with van der Waals surface area (Å²) in [6, 6.07) is 9.82. The Bertz CT molecular complexity index is 810. The predicted octanol–water partition coefficient (Wildman–Crippen LogP) is 3.69. The Balaban J connectivity index is 2.01. The van der Waals surface area contributed by atoms with Gasteiger partial charge in [-0.2, -0.15) is 0 Å². The number of H-pyrrole nitrogens is 1. The monoisotopic (exact) mass is 354 g/mol. The van der Waals surface area contributed by atoms with Gasteiger partial charge in [0.05, 0.1) is 18.8 Å². The Morgan fingerprint density at radius 1 is 1.27 bits per heavy atom. The first kappa shape index (κ1) is 18.4. The third kappa shape index (κ3) is 3.31. The van der Waals surface area contributed by atoms with E-state index in [0.717, 1.165) is 16.8 Å². The first-order chi connectivity index (χ1) is 12.4. The molecule has 1 aliphatic heterocycles. The maximum atomic E-state index is 13.4. The zero-order chi connectivity index (χ0) is 18.8. The number of ketones is 1. The van der Waals surface area contributed by atoms with Crippen LogP contribution in [0.5, 0.6) is 0 Å². The number of ether oxygens (including phenoxy) is 1.